The van der Waals surface area contributed by atoms with Crippen molar-refractivity contribution in [1.82, 2.24) is 19.7 Å². The lowest BCUT2D eigenvalue weighted by molar-refractivity contribution is -0.124. The van der Waals surface area contributed by atoms with Crippen molar-refractivity contribution in [3.05, 3.63) is 42.0 Å². The first-order valence-electron chi connectivity index (χ1n) is 6.55. The van der Waals surface area contributed by atoms with E-state index >= 15 is 0 Å². The van der Waals surface area contributed by atoms with Crippen molar-refractivity contribution in [2.45, 2.75) is 25.9 Å². The Morgan fingerprint density at radius 3 is 2.62 bits per heavy atom. The summed E-state index contributed by atoms with van der Waals surface area (Å²) >= 11 is 0. The van der Waals surface area contributed by atoms with Crippen molar-refractivity contribution in [2.24, 2.45) is 12.8 Å². The Bertz CT molecular complexity index is 659. The molecule has 1 atom stereocenters. The van der Waals surface area contributed by atoms with Gasteiger partial charge in [-0.25, -0.2) is 0 Å². The van der Waals surface area contributed by atoms with Gasteiger partial charge in [0.25, 0.3) is 5.91 Å². The zero-order valence-corrected chi connectivity index (χ0v) is 12.3. The number of aryl methyl sites for hydroxylation is 1. The van der Waals surface area contributed by atoms with Crippen molar-refractivity contribution in [1.29, 1.82) is 0 Å². The molecule has 1 unspecified atom stereocenters. The topological polar surface area (TPSA) is 94.9 Å². The highest BCUT2D eigenvalue weighted by Crippen LogP contribution is 2.11. The molecule has 2 aromatic heterocycles. The summed E-state index contributed by atoms with van der Waals surface area (Å²) < 4.78 is 3.31. The van der Waals surface area contributed by atoms with Crippen molar-refractivity contribution in [3.63, 3.8) is 0 Å². The van der Waals surface area contributed by atoms with Gasteiger partial charge in [0.1, 0.15) is 11.2 Å². The molecular weight excluding hydrogens is 270 g/mol. The van der Waals surface area contributed by atoms with Crippen LogP contribution in [0.3, 0.4) is 0 Å². The van der Waals surface area contributed by atoms with Crippen molar-refractivity contribution in [2.75, 3.05) is 0 Å². The fourth-order valence-corrected chi connectivity index (χ4v) is 2.05. The molecule has 0 saturated heterocycles. The van der Waals surface area contributed by atoms with E-state index in [0.29, 0.717) is 5.69 Å². The highest BCUT2D eigenvalue weighted by molar-refractivity contribution is 5.97. The van der Waals surface area contributed by atoms with E-state index in [1.165, 1.54) is 0 Å². The number of carbonyl (C=O) groups is 2. The fourth-order valence-electron chi connectivity index (χ4n) is 2.05. The number of nitrogens with two attached hydrogens (primary N) is 1. The third-order valence-corrected chi connectivity index (χ3v) is 3.58. The van der Waals surface area contributed by atoms with Gasteiger partial charge in [-0.05, 0) is 32.0 Å². The molecule has 112 valence electrons. The summed E-state index contributed by atoms with van der Waals surface area (Å²) in [5.74, 6) is -0.962. The molecule has 2 aromatic rings. The van der Waals surface area contributed by atoms with Crippen molar-refractivity contribution >= 4 is 11.8 Å². The second-order valence-corrected chi connectivity index (χ2v) is 5.27. The molecule has 2 amide bonds. The third kappa shape index (κ3) is 2.96. The summed E-state index contributed by atoms with van der Waals surface area (Å²) in [7, 11) is 1.79. The Hall–Kier alpha value is -2.57. The van der Waals surface area contributed by atoms with E-state index in [-0.39, 0.29) is 12.5 Å². The fraction of sp³-hybridized carbons (Fsp3) is 0.357. The first kappa shape index (κ1) is 14.8. The SMILES string of the molecule is Cc1ccc(C(=O)NC(C)(Cn2cccn2)C(N)=O)n1C. The number of primary amides is 1. The Kier molecular flexibility index (Phi) is 3.84. The molecule has 0 spiro atoms. The molecule has 0 radical (unpaired) electrons. The van der Waals surface area contributed by atoms with Crippen LogP contribution in [0.4, 0.5) is 0 Å². The standard InChI is InChI=1S/C14H19N5O2/c1-10-5-6-11(18(10)3)12(20)17-14(2,13(15)21)9-19-8-4-7-16-19/h4-8H,9H2,1-3H3,(H2,15,21)(H,17,20). The summed E-state index contributed by atoms with van der Waals surface area (Å²) in [6.07, 6.45) is 3.31. The molecule has 2 rings (SSSR count). The second-order valence-electron chi connectivity index (χ2n) is 5.27. The first-order chi connectivity index (χ1) is 9.83. The van der Waals surface area contributed by atoms with Gasteiger partial charge in [-0.3, -0.25) is 14.3 Å². The molecule has 0 aliphatic rings. The van der Waals surface area contributed by atoms with Gasteiger partial charge in [-0.1, -0.05) is 0 Å². The van der Waals surface area contributed by atoms with E-state index in [4.69, 9.17) is 5.73 Å². The van der Waals surface area contributed by atoms with E-state index in [2.05, 4.69) is 10.4 Å². The molecule has 3 N–H and O–H groups in total. The molecule has 0 saturated carbocycles. The Morgan fingerprint density at radius 2 is 2.14 bits per heavy atom. The lowest BCUT2D eigenvalue weighted by Gasteiger charge is -2.27. The molecule has 7 heteroatoms. The van der Waals surface area contributed by atoms with Crippen LogP contribution >= 0.6 is 0 Å². The summed E-state index contributed by atoms with van der Waals surface area (Å²) in [4.78, 5) is 24.1. The number of nitrogens with one attached hydrogen (secondary N) is 1. The predicted molar refractivity (Wildman–Crippen MR) is 77.4 cm³/mol. The number of amides is 2. The minimum Gasteiger partial charge on any atom is -0.368 e. The van der Waals surface area contributed by atoms with Crippen LogP contribution in [-0.4, -0.2) is 31.7 Å². The molecule has 0 aromatic carbocycles. The normalized spacial score (nSPS) is 13.7. The summed E-state index contributed by atoms with van der Waals surface area (Å²) in [6, 6.07) is 5.29. The van der Waals surface area contributed by atoms with Crippen molar-refractivity contribution < 1.29 is 9.59 Å². The maximum absolute atomic E-state index is 12.4. The van der Waals surface area contributed by atoms with E-state index in [9.17, 15) is 9.59 Å². The quantitative estimate of drug-likeness (QED) is 0.823. The van der Waals surface area contributed by atoms with Crippen LogP contribution in [0.5, 0.6) is 0 Å². The lowest BCUT2D eigenvalue weighted by Crippen LogP contribution is -2.58. The van der Waals surface area contributed by atoms with Gasteiger partial charge in [0.2, 0.25) is 5.91 Å². The summed E-state index contributed by atoms with van der Waals surface area (Å²) in [6.45, 7) is 3.66. The van der Waals surface area contributed by atoms with Gasteiger partial charge >= 0.3 is 0 Å². The monoisotopic (exact) mass is 289 g/mol. The van der Waals surface area contributed by atoms with Gasteiger partial charge in [-0.15, -0.1) is 0 Å². The van der Waals surface area contributed by atoms with Gasteiger partial charge in [0.15, 0.2) is 0 Å². The van der Waals surface area contributed by atoms with Gasteiger partial charge in [0, 0.05) is 25.1 Å². The minimum atomic E-state index is -1.22. The average Bonchev–Trinajstić information content (AvgIpc) is 3.01. The zero-order valence-electron chi connectivity index (χ0n) is 12.3. The highest BCUT2D eigenvalue weighted by Gasteiger charge is 2.34. The molecule has 0 bridgehead atoms. The average molecular weight is 289 g/mol. The smallest absolute Gasteiger partial charge is 0.268 e. The molecule has 0 aliphatic heterocycles. The van der Waals surface area contributed by atoms with Gasteiger partial charge in [0.05, 0.1) is 6.54 Å². The molecule has 0 fully saturated rings. The van der Waals surface area contributed by atoms with E-state index in [1.54, 1.807) is 47.7 Å². The zero-order chi connectivity index (χ0) is 15.6. The van der Waals surface area contributed by atoms with E-state index in [1.807, 2.05) is 13.0 Å². The van der Waals surface area contributed by atoms with Crippen molar-refractivity contribution in [3.8, 4) is 0 Å². The van der Waals surface area contributed by atoms with Crippen LogP contribution in [0.15, 0.2) is 30.6 Å². The minimum absolute atomic E-state index is 0.171. The highest BCUT2D eigenvalue weighted by atomic mass is 16.2. The molecule has 0 aliphatic carbocycles. The van der Waals surface area contributed by atoms with E-state index in [0.717, 1.165) is 5.69 Å². The van der Waals surface area contributed by atoms with Crippen LogP contribution in [0.25, 0.3) is 0 Å². The van der Waals surface area contributed by atoms with Gasteiger partial charge < -0.3 is 15.6 Å². The molecule has 7 nitrogen and oxygen atoms in total. The Balaban J connectivity index is 2.22. The Labute approximate surface area is 122 Å². The summed E-state index contributed by atoms with van der Waals surface area (Å²) in [5.41, 5.74) is 5.66. The maximum atomic E-state index is 12.4. The van der Waals surface area contributed by atoms with Crippen LogP contribution < -0.4 is 11.1 Å². The van der Waals surface area contributed by atoms with E-state index < -0.39 is 11.4 Å². The molecule has 2 heterocycles. The Morgan fingerprint density at radius 1 is 1.43 bits per heavy atom. The van der Waals surface area contributed by atoms with Gasteiger partial charge in [-0.2, -0.15) is 5.10 Å². The van der Waals surface area contributed by atoms with Crippen LogP contribution in [0, 0.1) is 6.92 Å². The lowest BCUT2D eigenvalue weighted by atomic mass is 10.0. The number of nitrogens with zero attached hydrogens (tertiary/aromatic N) is 3. The molecular formula is C14H19N5O2. The summed E-state index contributed by atoms with van der Waals surface area (Å²) in [5, 5.41) is 6.74. The van der Waals surface area contributed by atoms with Crippen LogP contribution in [0.1, 0.15) is 23.1 Å². The van der Waals surface area contributed by atoms with Crippen LogP contribution in [-0.2, 0) is 18.4 Å². The third-order valence-electron chi connectivity index (χ3n) is 3.58. The molecule has 21 heavy (non-hydrogen) atoms. The van der Waals surface area contributed by atoms with Crippen LogP contribution in [0.2, 0.25) is 0 Å². The second kappa shape index (κ2) is 5.43. The largest absolute Gasteiger partial charge is 0.368 e. The first-order valence-corrected chi connectivity index (χ1v) is 6.55. The number of aromatic nitrogens is 3. The predicted octanol–water partition coefficient (Wildman–Crippen LogP) is 0.204. The number of hydrogen-bond acceptors (Lipinski definition) is 3. The maximum Gasteiger partial charge on any atom is 0.268 e. The number of carbonyl (C=O) groups excluding carboxylic acids is 2. The number of rotatable bonds is 5. The number of hydrogen-bond donors (Lipinski definition) is 2.